The average Bonchev–Trinajstić information content (AvgIpc) is 3.30. The number of hydrogen-bond donors (Lipinski definition) is 2. The predicted octanol–water partition coefficient (Wildman–Crippen LogP) is 7.63. The predicted molar refractivity (Wildman–Crippen MR) is 156 cm³/mol. The molecule has 4 fully saturated rings. The molecular weight excluding hydrogens is 522 g/mol. The number of carboxylic acid groups (broad SMARTS) is 1. The fourth-order valence-corrected chi connectivity index (χ4v) is 10.8. The van der Waals surface area contributed by atoms with Crippen molar-refractivity contribution in [2.45, 2.75) is 97.4 Å². The fourth-order valence-electron chi connectivity index (χ4n) is 10.6. The molecule has 216 valence electrons. The summed E-state index contributed by atoms with van der Waals surface area (Å²) in [7, 11) is 0. The molecule has 4 unspecified atom stereocenters. The first-order valence-electron chi connectivity index (χ1n) is 15.6. The van der Waals surface area contributed by atoms with Crippen LogP contribution in [0.15, 0.2) is 35.0 Å². The molecule has 2 N–H and O–H groups in total. The Morgan fingerprint density at radius 1 is 0.975 bits per heavy atom. The molecule has 5 nitrogen and oxygen atoms in total. The summed E-state index contributed by atoms with van der Waals surface area (Å²) in [6, 6.07) is 7.11. The first kappa shape index (κ1) is 28.0. The number of carboxylic acids is 1. The number of carbonyl (C=O) groups is 3. The van der Waals surface area contributed by atoms with Gasteiger partial charge in [-0.1, -0.05) is 56.6 Å². The molecule has 0 bridgehead atoms. The van der Waals surface area contributed by atoms with Crippen molar-refractivity contribution in [3.63, 3.8) is 0 Å². The number of nitrogens with one attached hydrogen (secondary N) is 1. The van der Waals surface area contributed by atoms with E-state index in [-0.39, 0.29) is 34.8 Å². The Morgan fingerprint density at radius 2 is 1.65 bits per heavy atom. The third-order valence-corrected chi connectivity index (χ3v) is 13.0. The molecule has 5 aliphatic carbocycles. The Morgan fingerprint density at radius 3 is 2.38 bits per heavy atom. The van der Waals surface area contributed by atoms with Gasteiger partial charge in [0.15, 0.2) is 0 Å². The molecule has 6 rings (SSSR count). The van der Waals surface area contributed by atoms with Gasteiger partial charge in [0.1, 0.15) is 10.7 Å². The lowest BCUT2D eigenvalue weighted by Gasteiger charge is -2.61. The highest BCUT2D eigenvalue weighted by Crippen LogP contribution is 2.68. The lowest BCUT2D eigenvalue weighted by atomic mass is 9.44. The van der Waals surface area contributed by atoms with Crippen LogP contribution in [-0.4, -0.2) is 28.7 Å². The number of Topliss-reactive ketones (excluding diaryl/α,β-unsaturated/α-hetero) is 2. The number of carbonyl (C=O) groups excluding carboxylic acids is 2. The maximum Gasteiger partial charge on any atom is 0.303 e. The van der Waals surface area contributed by atoms with Gasteiger partial charge in [-0.3, -0.25) is 14.4 Å². The summed E-state index contributed by atoms with van der Waals surface area (Å²) in [5.74, 6) is 2.88. The van der Waals surface area contributed by atoms with Gasteiger partial charge in [0, 0.05) is 23.6 Å². The summed E-state index contributed by atoms with van der Waals surface area (Å²) < 4.78 is 0. The number of aliphatic carboxylic acids is 1. The summed E-state index contributed by atoms with van der Waals surface area (Å²) in [6.45, 7) is 7.38. The number of allylic oxidation sites excluding steroid dienone is 2. The number of ketones is 2. The van der Waals surface area contributed by atoms with Gasteiger partial charge in [-0.05, 0) is 111 Å². The van der Waals surface area contributed by atoms with Crippen LogP contribution >= 0.6 is 11.6 Å². The second-order valence-corrected chi connectivity index (χ2v) is 14.7. The molecule has 1 aromatic rings. The Labute approximate surface area is 243 Å². The van der Waals surface area contributed by atoms with Crippen LogP contribution in [-0.2, 0) is 4.79 Å². The molecule has 0 saturated heterocycles. The summed E-state index contributed by atoms with van der Waals surface area (Å²) in [5.41, 5.74) is 1.78. The summed E-state index contributed by atoms with van der Waals surface area (Å²) in [5, 5.41) is 12.7. The van der Waals surface area contributed by atoms with Crippen LogP contribution in [0.25, 0.3) is 0 Å². The van der Waals surface area contributed by atoms with Crippen molar-refractivity contribution in [1.29, 1.82) is 0 Å². The molecule has 0 aromatic heterocycles. The molecule has 0 radical (unpaired) electrons. The lowest BCUT2D eigenvalue weighted by Crippen LogP contribution is -2.55. The van der Waals surface area contributed by atoms with Crippen LogP contribution in [0.1, 0.15) is 112 Å². The van der Waals surface area contributed by atoms with Gasteiger partial charge >= 0.3 is 5.97 Å². The Hall–Kier alpha value is -2.14. The molecular formula is C34H44ClNO4. The van der Waals surface area contributed by atoms with E-state index in [1.54, 1.807) is 24.3 Å². The van der Waals surface area contributed by atoms with Crippen LogP contribution in [0.2, 0.25) is 0 Å². The Kier molecular flexibility index (Phi) is 7.21. The van der Waals surface area contributed by atoms with Gasteiger partial charge in [-0.2, -0.15) is 0 Å². The maximum absolute atomic E-state index is 13.3. The van der Waals surface area contributed by atoms with Gasteiger partial charge in [0.2, 0.25) is 11.6 Å². The van der Waals surface area contributed by atoms with E-state index in [1.807, 2.05) is 0 Å². The van der Waals surface area contributed by atoms with Crippen LogP contribution < -0.4 is 5.32 Å². The minimum Gasteiger partial charge on any atom is -0.481 e. The standard InChI is InChI=1S/C34H44ClNO4/c1-19(8-13-28(37)38)25-11-12-26-24-10-9-20-18-21(14-16-33(20,2)27(24)15-17-34(25,26)3)36-30-29(35)31(39)22-6-4-5-7-23(22)32(30)40/h4-7,19-21,24-27,36H,8-18H2,1-3H3,(H,37,38)/t19-,20-,21-,24?,25?,26?,27?,33+,34-/m1/s1. The normalized spacial score (nSPS) is 39.6. The van der Waals surface area contributed by atoms with Crippen molar-refractivity contribution < 1.29 is 19.5 Å². The first-order valence-corrected chi connectivity index (χ1v) is 16.0. The van der Waals surface area contributed by atoms with Crippen LogP contribution in [0.3, 0.4) is 0 Å². The molecule has 1 aromatic carbocycles. The maximum atomic E-state index is 13.3. The SMILES string of the molecule is C[C@H](CCC(=O)O)C1CCC2C3CC[C@@H]4C[C@H](NC5=C(Cl)C(=O)c6ccccc6C5=O)CC[C@]4(C)C3CC[C@@]21C. The fraction of sp³-hybridized carbons (Fsp3) is 0.676. The van der Waals surface area contributed by atoms with E-state index in [1.165, 1.54) is 38.5 Å². The van der Waals surface area contributed by atoms with E-state index in [4.69, 9.17) is 11.6 Å². The molecule has 4 saturated carbocycles. The van der Waals surface area contributed by atoms with Crippen molar-refractivity contribution >= 4 is 29.1 Å². The van der Waals surface area contributed by atoms with Crippen molar-refractivity contribution in [2.24, 2.45) is 46.3 Å². The highest BCUT2D eigenvalue weighted by atomic mass is 35.5. The number of benzene rings is 1. The highest BCUT2D eigenvalue weighted by molar-refractivity contribution is 6.49. The number of rotatable bonds is 6. The van der Waals surface area contributed by atoms with Crippen LogP contribution in [0, 0.1) is 46.3 Å². The van der Waals surface area contributed by atoms with Crippen LogP contribution in [0.5, 0.6) is 0 Å². The second kappa shape index (κ2) is 10.3. The van der Waals surface area contributed by atoms with Crippen molar-refractivity contribution in [3.05, 3.63) is 46.1 Å². The molecule has 0 spiro atoms. The van der Waals surface area contributed by atoms with Gasteiger partial charge < -0.3 is 10.4 Å². The zero-order chi connectivity index (χ0) is 28.4. The van der Waals surface area contributed by atoms with Gasteiger partial charge in [-0.15, -0.1) is 0 Å². The summed E-state index contributed by atoms with van der Waals surface area (Å²) in [4.78, 5) is 37.4. The third-order valence-electron chi connectivity index (χ3n) is 12.7. The number of hydrogen-bond acceptors (Lipinski definition) is 4. The highest BCUT2D eigenvalue weighted by Gasteiger charge is 2.60. The average molecular weight is 566 g/mol. The molecule has 40 heavy (non-hydrogen) atoms. The molecule has 0 heterocycles. The smallest absolute Gasteiger partial charge is 0.303 e. The van der Waals surface area contributed by atoms with Crippen molar-refractivity contribution in [2.75, 3.05) is 0 Å². The van der Waals surface area contributed by atoms with E-state index in [2.05, 4.69) is 26.1 Å². The molecule has 0 aliphatic heterocycles. The summed E-state index contributed by atoms with van der Waals surface area (Å²) >= 11 is 6.48. The molecule has 0 amide bonds. The van der Waals surface area contributed by atoms with E-state index >= 15 is 0 Å². The third kappa shape index (κ3) is 4.37. The van der Waals surface area contributed by atoms with Crippen molar-refractivity contribution in [3.8, 4) is 0 Å². The van der Waals surface area contributed by atoms with Crippen molar-refractivity contribution in [1.82, 2.24) is 5.32 Å². The van der Waals surface area contributed by atoms with E-state index in [9.17, 15) is 19.5 Å². The zero-order valence-corrected chi connectivity index (χ0v) is 24.9. The largest absolute Gasteiger partial charge is 0.481 e. The van der Waals surface area contributed by atoms with E-state index in [0.29, 0.717) is 39.7 Å². The van der Waals surface area contributed by atoms with Gasteiger partial charge in [0.25, 0.3) is 0 Å². The van der Waals surface area contributed by atoms with E-state index < -0.39 is 5.97 Å². The molecule has 5 aliphatic rings. The Bertz CT molecular complexity index is 1260. The number of halogens is 1. The van der Waals surface area contributed by atoms with E-state index in [0.717, 1.165) is 43.4 Å². The monoisotopic (exact) mass is 565 g/mol. The van der Waals surface area contributed by atoms with Gasteiger partial charge in [0.05, 0.1) is 0 Å². The second-order valence-electron chi connectivity index (χ2n) is 14.3. The topological polar surface area (TPSA) is 83.5 Å². The molecule has 6 heteroatoms. The van der Waals surface area contributed by atoms with Crippen LogP contribution in [0.4, 0.5) is 0 Å². The minimum absolute atomic E-state index is 0.0284. The van der Waals surface area contributed by atoms with Gasteiger partial charge in [-0.25, -0.2) is 0 Å². The number of fused-ring (bicyclic) bond motifs is 6. The lowest BCUT2D eigenvalue weighted by molar-refractivity contribution is -0.137. The molecule has 9 atom stereocenters. The Balaban J connectivity index is 1.15. The minimum atomic E-state index is -0.672. The zero-order valence-electron chi connectivity index (χ0n) is 24.2. The quantitative estimate of drug-likeness (QED) is 0.370. The summed E-state index contributed by atoms with van der Waals surface area (Å²) in [6.07, 6.45) is 11.8. The first-order chi connectivity index (χ1) is 19.0.